The molecule has 9 heteroatoms. The summed E-state index contributed by atoms with van der Waals surface area (Å²) in [4.78, 5) is 11.5. The second kappa shape index (κ2) is 6.51. The molecule has 1 amide bonds. The van der Waals surface area contributed by atoms with E-state index in [1.165, 1.54) is 12.1 Å². The summed E-state index contributed by atoms with van der Waals surface area (Å²) in [5.74, 6) is -1.25. The van der Waals surface area contributed by atoms with E-state index < -0.39 is 31.3 Å². The fourth-order valence-electron chi connectivity index (χ4n) is 1.22. The first-order valence-electron chi connectivity index (χ1n) is 5.28. The summed E-state index contributed by atoms with van der Waals surface area (Å²) in [5, 5.41) is 10.5. The number of amides is 1. The minimum atomic E-state index is -4.85. The summed E-state index contributed by atoms with van der Waals surface area (Å²) in [6, 6.07) is 4.54. The van der Waals surface area contributed by atoms with Gasteiger partial charge in [-0.3, -0.25) is 4.79 Å². The number of rotatable bonds is 5. The van der Waals surface area contributed by atoms with Crippen molar-refractivity contribution in [2.75, 3.05) is 6.54 Å². The predicted molar refractivity (Wildman–Crippen MR) is 57.5 cm³/mol. The monoisotopic (exact) mass is 299 g/mol. The lowest BCUT2D eigenvalue weighted by Gasteiger charge is -2.15. The number of aliphatic hydroxyl groups is 1. The molecule has 0 aromatic heterocycles. The molecule has 1 rings (SSSR count). The molecule has 0 aliphatic carbocycles. The van der Waals surface area contributed by atoms with Gasteiger partial charge in [0.2, 0.25) is 0 Å². The van der Waals surface area contributed by atoms with Crippen LogP contribution in [-0.2, 0) is 0 Å². The summed E-state index contributed by atoms with van der Waals surface area (Å²) in [6.07, 6.45) is -7.56. The fourth-order valence-corrected chi connectivity index (χ4v) is 1.22. The largest absolute Gasteiger partial charge is 0.435 e. The summed E-state index contributed by atoms with van der Waals surface area (Å²) in [5.41, 5.74) is -0.169. The number of aliphatic hydroxyl groups excluding tert-OH is 1. The third-order valence-corrected chi connectivity index (χ3v) is 2.16. The summed E-state index contributed by atoms with van der Waals surface area (Å²) in [7, 11) is 0. The van der Waals surface area contributed by atoms with Crippen molar-refractivity contribution in [2.24, 2.45) is 0 Å². The number of carbonyl (C=O) groups excluding carboxylic acids is 1. The van der Waals surface area contributed by atoms with Gasteiger partial charge in [-0.15, -0.1) is 0 Å². The van der Waals surface area contributed by atoms with Gasteiger partial charge in [0, 0.05) is 5.56 Å². The lowest BCUT2D eigenvalue weighted by molar-refractivity contribution is -0.201. The van der Waals surface area contributed by atoms with Crippen LogP contribution in [0.5, 0.6) is 5.75 Å². The highest BCUT2D eigenvalue weighted by molar-refractivity contribution is 5.94. The number of ether oxygens (including phenoxy) is 1. The molecule has 0 aliphatic rings. The number of hydrogen-bond acceptors (Lipinski definition) is 3. The van der Waals surface area contributed by atoms with E-state index in [9.17, 15) is 26.7 Å². The molecule has 1 unspecified atom stereocenters. The van der Waals surface area contributed by atoms with Crippen LogP contribution in [0.4, 0.5) is 22.0 Å². The highest BCUT2D eigenvalue weighted by Gasteiger charge is 2.38. The van der Waals surface area contributed by atoms with Crippen LogP contribution in [0.2, 0.25) is 0 Å². The summed E-state index contributed by atoms with van der Waals surface area (Å²) in [6.45, 7) is -4.12. The van der Waals surface area contributed by atoms with E-state index in [1.54, 1.807) is 0 Å². The van der Waals surface area contributed by atoms with Crippen LogP contribution in [0.25, 0.3) is 0 Å². The third kappa shape index (κ3) is 5.00. The molecule has 4 nitrogen and oxygen atoms in total. The maximum atomic E-state index is 12.0. The summed E-state index contributed by atoms with van der Waals surface area (Å²) < 4.78 is 64.0. The molecule has 0 bridgehead atoms. The van der Waals surface area contributed by atoms with E-state index in [1.807, 2.05) is 5.32 Å². The fraction of sp³-hybridized carbons (Fsp3) is 0.364. The van der Waals surface area contributed by atoms with Crippen molar-refractivity contribution in [3.8, 4) is 5.75 Å². The van der Waals surface area contributed by atoms with Gasteiger partial charge in [0.25, 0.3) is 5.91 Å². The molecule has 1 atom stereocenters. The van der Waals surface area contributed by atoms with Crippen molar-refractivity contribution in [3.05, 3.63) is 29.8 Å². The Labute approximate surface area is 110 Å². The Bertz CT molecular complexity index is 464. The molecule has 0 radical (unpaired) electrons. The third-order valence-electron chi connectivity index (χ3n) is 2.16. The smallest absolute Gasteiger partial charge is 0.416 e. The average molecular weight is 299 g/mol. The van der Waals surface area contributed by atoms with E-state index in [-0.39, 0.29) is 11.3 Å². The Balaban J connectivity index is 2.64. The highest BCUT2D eigenvalue weighted by atomic mass is 19.4. The first-order chi connectivity index (χ1) is 9.20. The number of hydrogen-bond donors (Lipinski definition) is 2. The molecule has 0 aliphatic heterocycles. The zero-order chi connectivity index (χ0) is 15.3. The molecular weight excluding hydrogens is 289 g/mol. The Kier molecular flexibility index (Phi) is 5.26. The summed E-state index contributed by atoms with van der Waals surface area (Å²) >= 11 is 0. The molecule has 1 aromatic carbocycles. The highest BCUT2D eigenvalue weighted by Crippen LogP contribution is 2.19. The van der Waals surface area contributed by atoms with Crippen LogP contribution in [0.15, 0.2) is 24.3 Å². The van der Waals surface area contributed by atoms with E-state index in [0.717, 1.165) is 12.1 Å². The van der Waals surface area contributed by atoms with Crippen molar-refractivity contribution in [2.45, 2.75) is 18.9 Å². The minimum Gasteiger partial charge on any atom is -0.435 e. The number of nitrogens with one attached hydrogen (secondary N) is 1. The first-order valence-corrected chi connectivity index (χ1v) is 5.28. The van der Waals surface area contributed by atoms with Crippen molar-refractivity contribution < 1.29 is 36.6 Å². The van der Waals surface area contributed by atoms with Crippen LogP contribution in [-0.4, -0.2) is 36.5 Å². The lowest BCUT2D eigenvalue weighted by Crippen LogP contribution is -2.40. The molecule has 0 saturated carbocycles. The quantitative estimate of drug-likeness (QED) is 0.817. The predicted octanol–water partition coefficient (Wildman–Crippen LogP) is 1.94. The van der Waals surface area contributed by atoms with Gasteiger partial charge in [-0.25, -0.2) is 0 Å². The van der Waals surface area contributed by atoms with E-state index in [4.69, 9.17) is 5.11 Å². The minimum absolute atomic E-state index is 0.169. The van der Waals surface area contributed by atoms with Crippen LogP contribution in [0.3, 0.4) is 0 Å². The van der Waals surface area contributed by atoms with E-state index >= 15 is 0 Å². The van der Waals surface area contributed by atoms with Gasteiger partial charge in [0.15, 0.2) is 6.10 Å². The average Bonchev–Trinajstić information content (AvgIpc) is 2.33. The van der Waals surface area contributed by atoms with Gasteiger partial charge in [-0.2, -0.15) is 22.0 Å². The zero-order valence-electron chi connectivity index (χ0n) is 9.82. The van der Waals surface area contributed by atoms with Gasteiger partial charge in [0.1, 0.15) is 5.75 Å². The molecular formula is C11H10F5NO3. The lowest BCUT2D eigenvalue weighted by atomic mass is 10.2. The van der Waals surface area contributed by atoms with E-state index in [2.05, 4.69) is 4.74 Å². The van der Waals surface area contributed by atoms with Crippen molar-refractivity contribution in [3.63, 3.8) is 0 Å². The topological polar surface area (TPSA) is 58.6 Å². The molecule has 0 heterocycles. The number of alkyl halides is 5. The van der Waals surface area contributed by atoms with Crippen LogP contribution >= 0.6 is 0 Å². The van der Waals surface area contributed by atoms with Gasteiger partial charge in [0.05, 0.1) is 6.54 Å². The normalized spacial score (nSPS) is 13.2. The van der Waals surface area contributed by atoms with Crippen molar-refractivity contribution >= 4 is 5.91 Å². The number of carbonyl (C=O) groups is 1. The molecule has 1 aromatic rings. The Hall–Kier alpha value is -1.90. The maximum Gasteiger partial charge on any atom is 0.416 e. The van der Waals surface area contributed by atoms with Gasteiger partial charge in [-0.05, 0) is 18.2 Å². The molecule has 112 valence electrons. The van der Waals surface area contributed by atoms with Gasteiger partial charge in [-0.1, -0.05) is 6.07 Å². The molecule has 0 saturated heterocycles. The van der Waals surface area contributed by atoms with Gasteiger partial charge < -0.3 is 15.2 Å². The Morgan fingerprint density at radius 2 is 2.00 bits per heavy atom. The van der Waals surface area contributed by atoms with Crippen LogP contribution in [0, 0.1) is 0 Å². The number of halogens is 5. The second-order valence-corrected chi connectivity index (χ2v) is 3.67. The van der Waals surface area contributed by atoms with Crippen molar-refractivity contribution in [1.29, 1.82) is 0 Å². The van der Waals surface area contributed by atoms with Gasteiger partial charge >= 0.3 is 12.8 Å². The molecule has 0 fully saturated rings. The molecule has 20 heavy (non-hydrogen) atoms. The SMILES string of the molecule is O=C(NCC(O)C(F)(F)F)c1cccc(OC(F)F)c1. The standard InChI is InChI=1S/C11H10F5NO3/c12-10(13)20-7-3-1-2-6(4-7)9(19)17-5-8(18)11(14,15)16/h1-4,8,10,18H,5H2,(H,17,19). The first kappa shape index (κ1) is 16.2. The van der Waals surface area contributed by atoms with Crippen molar-refractivity contribution in [1.82, 2.24) is 5.32 Å². The Morgan fingerprint density at radius 3 is 2.55 bits per heavy atom. The molecule has 2 N–H and O–H groups in total. The van der Waals surface area contributed by atoms with Crippen LogP contribution in [0.1, 0.15) is 10.4 Å². The maximum absolute atomic E-state index is 12.0. The van der Waals surface area contributed by atoms with E-state index in [0.29, 0.717) is 0 Å². The zero-order valence-corrected chi connectivity index (χ0v) is 9.82. The van der Waals surface area contributed by atoms with Crippen LogP contribution < -0.4 is 10.1 Å². The Morgan fingerprint density at radius 1 is 1.35 bits per heavy atom. The second-order valence-electron chi connectivity index (χ2n) is 3.67. The number of benzene rings is 1. The molecule has 0 spiro atoms.